The summed E-state index contributed by atoms with van der Waals surface area (Å²) in [6, 6.07) is 76.6. The Morgan fingerprint density at radius 1 is 0.241 bits per heavy atom. The summed E-state index contributed by atoms with van der Waals surface area (Å²) < 4.78 is 31.0. The lowest BCUT2D eigenvalue weighted by atomic mass is 10.0. The van der Waals surface area contributed by atoms with Crippen molar-refractivity contribution in [1.29, 1.82) is 0 Å². The maximum Gasteiger partial charge on any atom is 0.164 e. The minimum atomic E-state index is -0.00217. The highest BCUT2D eigenvalue weighted by molar-refractivity contribution is 8.00. The van der Waals surface area contributed by atoms with E-state index < -0.39 is 0 Å². The van der Waals surface area contributed by atoms with Gasteiger partial charge in [0.2, 0.25) is 0 Å². The van der Waals surface area contributed by atoms with Crippen molar-refractivity contribution in [2.24, 2.45) is 0 Å². The number of Topliss-reactive ketones (excluding diaryl/α,β-unsaturated/α-hetero) is 5. The normalized spacial score (nSPS) is 11.9. The number of aryl methyl sites for hydroxylation is 4. The van der Waals surface area contributed by atoms with E-state index in [4.69, 9.17) is 54.0 Å². The number of aliphatic hydroxyl groups is 5. The van der Waals surface area contributed by atoms with Crippen LogP contribution in [-0.4, -0.2) is 159 Å². The summed E-state index contributed by atoms with van der Waals surface area (Å²) in [6.45, 7) is 8.48. The van der Waals surface area contributed by atoms with E-state index in [9.17, 15) is 24.0 Å². The molecule has 5 N–H and O–H groups in total. The summed E-state index contributed by atoms with van der Waals surface area (Å²) in [5.74, 6) is 8.29. The van der Waals surface area contributed by atoms with Crippen LogP contribution >= 0.6 is 58.8 Å². The van der Waals surface area contributed by atoms with Crippen LogP contribution in [0.2, 0.25) is 0 Å². The molecule has 0 aliphatic rings. The molecule has 0 aliphatic heterocycles. The molecule has 616 valence electrons. The van der Waals surface area contributed by atoms with Gasteiger partial charge in [-0.25, -0.2) is 0 Å². The van der Waals surface area contributed by atoms with Gasteiger partial charge in [-0.1, -0.05) is 162 Å². The molecule has 116 heavy (non-hydrogen) atoms. The van der Waals surface area contributed by atoms with Crippen molar-refractivity contribution in [1.82, 2.24) is 0 Å². The molecule has 0 saturated heterocycles. The van der Waals surface area contributed by atoms with Crippen molar-refractivity contribution in [3.63, 3.8) is 0 Å². The van der Waals surface area contributed by atoms with Gasteiger partial charge in [-0.2, -0.15) is 58.8 Å². The Bertz CT molecular complexity index is 4240. The summed E-state index contributed by atoms with van der Waals surface area (Å²) in [5, 5.41) is 45.6. The number of hydrogen-bond donors (Lipinski definition) is 5. The summed E-state index contributed by atoms with van der Waals surface area (Å²) in [7, 11) is 9.76. The van der Waals surface area contributed by atoms with E-state index in [2.05, 4.69) is 0 Å². The molecule has 0 saturated carbocycles. The number of ketones is 5. The Morgan fingerprint density at radius 2 is 0.422 bits per heavy atom. The van der Waals surface area contributed by atoms with Crippen molar-refractivity contribution in [2.75, 3.05) is 104 Å². The third kappa shape index (κ3) is 33.9. The molecule has 21 heteroatoms. The molecule has 10 aromatic carbocycles. The van der Waals surface area contributed by atoms with Gasteiger partial charge in [-0.05, 0) is 159 Å². The molecule has 0 amide bonds. The predicted molar refractivity (Wildman–Crippen MR) is 479 cm³/mol. The molecular weight excluding hydrogens is 1560 g/mol. The number of ether oxygens (including phenoxy) is 6. The van der Waals surface area contributed by atoms with Crippen LogP contribution in [0.3, 0.4) is 0 Å². The molecule has 0 heterocycles. The topological polar surface area (TPSA) is 242 Å². The number of methoxy groups -OCH3 is 6. The monoisotopic (exact) mass is 1670 g/mol. The molecule has 0 fully saturated rings. The number of rotatable bonds is 41. The van der Waals surface area contributed by atoms with Gasteiger partial charge in [0.15, 0.2) is 28.9 Å². The number of carbonyl (C=O) groups is 5. The van der Waals surface area contributed by atoms with Crippen LogP contribution in [0, 0.1) is 27.7 Å². The van der Waals surface area contributed by atoms with Crippen LogP contribution in [0.4, 0.5) is 0 Å². The standard InChI is InChI=1S/C19H22O4S.4C19H22O3S/c1-22-16-7-3-14(4-8-16)18(21)13-19(24-12-11-20)15-5-9-17(23-2)10-6-15;1-14-3-5-15(6-4-14)18(21)13-19(23-12-11-20)16-7-9-17(22-2)10-8-16;3*1-14-4-3-5-16(12-14)18(21)13-19(23-11-10-20)15-6-8-17(22-2)9-7-15/h3-10,19-20H,11-13H2,1-2H3;3-10,19-20H,11-13H2,1-2H3;3*3-9,12,19-20H,10-11,13H2,1-2H3. The van der Waals surface area contributed by atoms with Gasteiger partial charge in [0.05, 0.1) is 75.7 Å². The fourth-order valence-electron chi connectivity index (χ4n) is 11.8. The maximum absolute atomic E-state index is 12.6. The first kappa shape index (κ1) is 95.7. The largest absolute Gasteiger partial charge is 0.497 e. The molecule has 0 spiro atoms. The Kier molecular flexibility index (Phi) is 44.6. The van der Waals surface area contributed by atoms with Crippen molar-refractivity contribution in [2.45, 2.75) is 86.0 Å². The van der Waals surface area contributed by atoms with Crippen LogP contribution in [0.1, 0.15) is 160 Å². The van der Waals surface area contributed by atoms with Crippen LogP contribution in [0.25, 0.3) is 0 Å². The maximum atomic E-state index is 12.6. The Labute approximate surface area is 706 Å². The highest BCUT2D eigenvalue weighted by atomic mass is 32.2. The molecule has 0 bridgehead atoms. The van der Waals surface area contributed by atoms with Gasteiger partial charge < -0.3 is 54.0 Å². The zero-order valence-corrected chi connectivity index (χ0v) is 71.9. The van der Waals surface area contributed by atoms with Crippen molar-refractivity contribution in [3.05, 3.63) is 321 Å². The number of aliphatic hydroxyl groups excluding tert-OH is 5. The van der Waals surface area contributed by atoms with Crippen LogP contribution in [0.5, 0.6) is 34.5 Å². The first-order valence-electron chi connectivity index (χ1n) is 38.1. The second-order valence-electron chi connectivity index (χ2n) is 26.6. The molecule has 5 unspecified atom stereocenters. The molecule has 10 rings (SSSR count). The molecule has 0 aromatic heterocycles. The Balaban J connectivity index is 0.000000225. The van der Waals surface area contributed by atoms with Crippen molar-refractivity contribution in [3.8, 4) is 34.5 Å². The zero-order valence-electron chi connectivity index (χ0n) is 67.9. The molecule has 10 aromatic rings. The summed E-state index contributed by atoms with van der Waals surface area (Å²) in [4.78, 5) is 62.8. The van der Waals surface area contributed by atoms with Gasteiger partial charge in [0, 0.05) is 115 Å². The highest BCUT2D eigenvalue weighted by Crippen LogP contribution is 2.40. The molecule has 16 nitrogen and oxygen atoms in total. The van der Waals surface area contributed by atoms with E-state index in [1.165, 1.54) is 0 Å². The SMILES string of the molecule is COc1ccc(C(=O)CC(SCCO)c2ccc(OC)cc2)cc1.COc1ccc(C(CC(=O)c2ccc(C)cc2)SCCO)cc1.COc1ccc(C(CC(=O)c2cccc(C)c2)SCCO)cc1.COc1ccc(C(CC(=O)c2cccc(C)c2)SCCO)cc1.COc1ccc(C(CC(=O)c2cccc(C)c2)SCCO)cc1. The first-order chi connectivity index (χ1) is 56.2. The lowest BCUT2D eigenvalue weighted by molar-refractivity contribution is 0.0974. The molecule has 0 radical (unpaired) electrons. The first-order valence-corrected chi connectivity index (χ1v) is 43.4. The quantitative estimate of drug-likeness (QED) is 0.0224. The number of benzene rings is 10. The minimum Gasteiger partial charge on any atom is -0.497 e. The lowest BCUT2D eigenvalue weighted by Gasteiger charge is -2.16. The van der Waals surface area contributed by atoms with Gasteiger partial charge in [-0.3, -0.25) is 24.0 Å². The average molecular weight is 1670 g/mol. The van der Waals surface area contributed by atoms with E-state index in [1.54, 1.807) is 126 Å². The van der Waals surface area contributed by atoms with Gasteiger partial charge in [0.25, 0.3) is 0 Å². The van der Waals surface area contributed by atoms with Crippen molar-refractivity contribution >= 4 is 87.7 Å². The average Bonchev–Trinajstić information content (AvgIpc) is 0.878. The van der Waals surface area contributed by atoms with Crippen LogP contribution in [0.15, 0.2) is 243 Å². The van der Waals surface area contributed by atoms with E-state index in [0.29, 0.717) is 66.4 Å². The smallest absolute Gasteiger partial charge is 0.164 e. The number of thioether (sulfide) groups is 5. The fourth-order valence-corrected chi connectivity index (χ4v) is 16.9. The highest BCUT2D eigenvalue weighted by Gasteiger charge is 2.24. The minimum absolute atomic E-state index is 0.00217. The van der Waals surface area contributed by atoms with Crippen molar-refractivity contribution < 1.29 is 77.9 Å². The Hall–Kier alpha value is -9.10. The van der Waals surface area contributed by atoms with E-state index in [0.717, 1.165) is 107 Å². The summed E-state index contributed by atoms with van der Waals surface area (Å²) >= 11 is 8.00. The number of carbonyl (C=O) groups excluding carboxylic acids is 5. The molecule has 5 atom stereocenters. The van der Waals surface area contributed by atoms with E-state index in [-0.39, 0.29) is 88.2 Å². The third-order valence-corrected chi connectivity index (χ3v) is 24.4. The fraction of sp³-hybridized carbons (Fsp3) is 0.316. The summed E-state index contributed by atoms with van der Waals surface area (Å²) in [5.41, 5.74) is 13.4. The van der Waals surface area contributed by atoms with Crippen LogP contribution < -0.4 is 28.4 Å². The molecule has 0 aliphatic carbocycles. The van der Waals surface area contributed by atoms with E-state index >= 15 is 0 Å². The molecular formula is C95H110O16S5. The predicted octanol–water partition coefficient (Wildman–Crippen LogP) is 19.9. The number of hydrogen-bond acceptors (Lipinski definition) is 21. The Morgan fingerprint density at radius 3 is 0.603 bits per heavy atom. The van der Waals surface area contributed by atoms with Crippen LogP contribution in [-0.2, 0) is 0 Å². The van der Waals surface area contributed by atoms with E-state index in [1.807, 2.05) is 246 Å². The van der Waals surface area contributed by atoms with Gasteiger partial charge >= 0.3 is 0 Å². The van der Waals surface area contributed by atoms with Gasteiger partial charge in [-0.15, -0.1) is 0 Å². The third-order valence-electron chi connectivity index (χ3n) is 18.1. The lowest BCUT2D eigenvalue weighted by Crippen LogP contribution is -2.07. The summed E-state index contributed by atoms with van der Waals surface area (Å²) in [6.07, 6.45) is 2.05. The second kappa shape index (κ2) is 54.0. The van der Waals surface area contributed by atoms with Gasteiger partial charge in [0.1, 0.15) is 34.5 Å². The second-order valence-corrected chi connectivity index (χ2v) is 33.2. The zero-order chi connectivity index (χ0) is 84.0.